The molecule has 166 valence electrons. The molecule has 9 nitrogen and oxygen atoms in total. The Balaban J connectivity index is 1.72. The van der Waals surface area contributed by atoms with Crippen LogP contribution < -0.4 is 0 Å². The maximum atomic E-state index is 13.0. The number of ether oxygens (including phenoxy) is 1. The Bertz CT molecular complexity index is 1180. The van der Waals surface area contributed by atoms with Crippen LogP contribution in [0.25, 0.3) is 5.69 Å². The molecular formula is C23H23N3O6. The van der Waals surface area contributed by atoms with Crippen LogP contribution in [0.2, 0.25) is 0 Å². The molecule has 0 saturated heterocycles. The van der Waals surface area contributed by atoms with Crippen LogP contribution in [-0.4, -0.2) is 55.0 Å². The fourth-order valence-corrected chi connectivity index (χ4v) is 3.77. The summed E-state index contributed by atoms with van der Waals surface area (Å²) in [7, 11) is 0. The molecule has 0 radical (unpaired) electrons. The number of fused-ring (bicyclic) bond motifs is 1. The second-order valence-corrected chi connectivity index (χ2v) is 7.58. The van der Waals surface area contributed by atoms with Gasteiger partial charge in [-0.2, -0.15) is 5.10 Å². The summed E-state index contributed by atoms with van der Waals surface area (Å²) in [4.78, 5) is 27.1. The molecule has 0 unspecified atom stereocenters. The second kappa shape index (κ2) is 8.26. The monoisotopic (exact) mass is 437 g/mol. The van der Waals surface area contributed by atoms with Gasteiger partial charge in [-0.15, -0.1) is 0 Å². The predicted octanol–water partition coefficient (Wildman–Crippen LogP) is 2.67. The van der Waals surface area contributed by atoms with Crippen molar-refractivity contribution in [2.24, 2.45) is 0 Å². The average molecular weight is 437 g/mol. The molecule has 1 aliphatic heterocycles. The van der Waals surface area contributed by atoms with Gasteiger partial charge in [-0.1, -0.05) is 17.7 Å². The first kappa shape index (κ1) is 21.2. The quantitative estimate of drug-likeness (QED) is 0.423. The van der Waals surface area contributed by atoms with E-state index < -0.39 is 29.1 Å². The van der Waals surface area contributed by atoms with E-state index in [0.29, 0.717) is 18.5 Å². The molecule has 3 aromatic rings. The number of esters is 1. The summed E-state index contributed by atoms with van der Waals surface area (Å²) in [5.41, 5.74) is 3.47. The van der Waals surface area contributed by atoms with Crippen LogP contribution in [0.5, 0.6) is 17.2 Å². The zero-order valence-corrected chi connectivity index (χ0v) is 17.7. The fourth-order valence-electron chi connectivity index (χ4n) is 3.77. The van der Waals surface area contributed by atoms with Gasteiger partial charge in [0.25, 0.3) is 5.91 Å². The highest BCUT2D eigenvalue weighted by atomic mass is 16.5. The first-order valence-electron chi connectivity index (χ1n) is 10.2. The van der Waals surface area contributed by atoms with Crippen molar-refractivity contribution in [3.05, 3.63) is 64.5 Å². The molecule has 0 atom stereocenters. The Hall–Kier alpha value is -4.01. The molecule has 4 rings (SSSR count). The minimum absolute atomic E-state index is 0.0184. The van der Waals surface area contributed by atoms with Gasteiger partial charge in [0.15, 0.2) is 22.9 Å². The van der Waals surface area contributed by atoms with Crippen molar-refractivity contribution in [3.63, 3.8) is 0 Å². The molecule has 3 N–H and O–H groups in total. The van der Waals surface area contributed by atoms with Crippen LogP contribution in [-0.2, 0) is 17.7 Å². The number of carbonyl (C=O) groups excluding carboxylic acids is 2. The van der Waals surface area contributed by atoms with E-state index in [-0.39, 0.29) is 24.4 Å². The van der Waals surface area contributed by atoms with Crippen molar-refractivity contribution in [1.82, 2.24) is 14.7 Å². The number of aryl methyl sites for hydroxylation is 1. The summed E-state index contributed by atoms with van der Waals surface area (Å²) in [6.07, 6.45) is 0.442. The molecule has 1 amide bonds. The van der Waals surface area contributed by atoms with E-state index in [4.69, 9.17) is 4.74 Å². The molecule has 0 aliphatic carbocycles. The van der Waals surface area contributed by atoms with Crippen molar-refractivity contribution in [3.8, 4) is 22.9 Å². The topological polar surface area (TPSA) is 125 Å². The van der Waals surface area contributed by atoms with E-state index in [9.17, 15) is 24.9 Å². The van der Waals surface area contributed by atoms with E-state index in [1.54, 1.807) is 11.6 Å². The van der Waals surface area contributed by atoms with Gasteiger partial charge in [-0.05, 0) is 38.1 Å². The smallest absolute Gasteiger partial charge is 0.359 e. The van der Waals surface area contributed by atoms with Gasteiger partial charge in [0, 0.05) is 24.1 Å². The van der Waals surface area contributed by atoms with E-state index in [0.717, 1.165) is 29.1 Å². The molecule has 2 aromatic carbocycles. The van der Waals surface area contributed by atoms with Crippen LogP contribution in [0.15, 0.2) is 36.4 Å². The lowest BCUT2D eigenvalue weighted by atomic mass is 10.0. The lowest BCUT2D eigenvalue weighted by molar-refractivity contribution is 0.0513. The van der Waals surface area contributed by atoms with Crippen molar-refractivity contribution >= 4 is 11.9 Å². The number of phenolic OH excluding ortho intramolecular Hbond substituents is 3. The highest BCUT2D eigenvalue weighted by Crippen LogP contribution is 2.36. The third-order valence-corrected chi connectivity index (χ3v) is 5.41. The number of amides is 1. The van der Waals surface area contributed by atoms with Gasteiger partial charge in [0.1, 0.15) is 0 Å². The lowest BCUT2D eigenvalue weighted by Crippen LogP contribution is -2.36. The van der Waals surface area contributed by atoms with E-state index in [1.165, 1.54) is 4.90 Å². The van der Waals surface area contributed by atoms with E-state index >= 15 is 0 Å². The molecule has 0 spiro atoms. The van der Waals surface area contributed by atoms with Crippen molar-refractivity contribution in [2.75, 3.05) is 13.2 Å². The summed E-state index contributed by atoms with van der Waals surface area (Å²) >= 11 is 0. The zero-order chi connectivity index (χ0) is 23.0. The van der Waals surface area contributed by atoms with Gasteiger partial charge in [-0.3, -0.25) is 4.79 Å². The van der Waals surface area contributed by atoms with Crippen LogP contribution in [0, 0.1) is 6.92 Å². The van der Waals surface area contributed by atoms with E-state index in [2.05, 4.69) is 5.10 Å². The third-order valence-electron chi connectivity index (χ3n) is 5.41. The zero-order valence-electron chi connectivity index (χ0n) is 17.7. The summed E-state index contributed by atoms with van der Waals surface area (Å²) in [5, 5.41) is 33.6. The van der Waals surface area contributed by atoms with Crippen molar-refractivity contribution in [1.29, 1.82) is 0 Å². The first-order valence-corrected chi connectivity index (χ1v) is 10.2. The van der Waals surface area contributed by atoms with Gasteiger partial charge >= 0.3 is 5.97 Å². The molecule has 0 saturated carbocycles. The fraction of sp³-hybridized carbons (Fsp3) is 0.261. The molecule has 0 fully saturated rings. The highest BCUT2D eigenvalue weighted by molar-refractivity contribution is 5.96. The molecule has 32 heavy (non-hydrogen) atoms. The first-order chi connectivity index (χ1) is 15.3. The van der Waals surface area contributed by atoms with Gasteiger partial charge in [0.05, 0.1) is 24.5 Å². The molecule has 9 heteroatoms. The molecule has 1 aliphatic rings. The molecule has 2 heterocycles. The third kappa shape index (κ3) is 3.73. The summed E-state index contributed by atoms with van der Waals surface area (Å²) in [5.74, 6) is -2.90. The molecule has 1 aromatic heterocycles. The second-order valence-electron chi connectivity index (χ2n) is 7.58. The largest absolute Gasteiger partial charge is 0.504 e. The number of aromatic nitrogens is 2. The van der Waals surface area contributed by atoms with Crippen molar-refractivity contribution < 1.29 is 29.6 Å². The number of nitrogens with zero attached hydrogens (tertiary/aromatic N) is 3. The Morgan fingerprint density at radius 3 is 2.38 bits per heavy atom. The molecule has 0 bridgehead atoms. The maximum Gasteiger partial charge on any atom is 0.359 e. The Morgan fingerprint density at radius 1 is 1.09 bits per heavy atom. The average Bonchev–Trinajstić information content (AvgIpc) is 3.16. The standard InChI is InChI=1S/C23H23N3O6/c1-3-32-23(31)20-16-12-25(22(30)14-10-18(27)21(29)19(28)11-14)9-8-17(16)26(24-20)15-6-4-13(2)5-7-15/h4-7,10-11,27-29H,3,8-9,12H2,1-2H3. The number of hydrogen-bond donors (Lipinski definition) is 3. The van der Waals surface area contributed by atoms with Crippen LogP contribution in [0.4, 0.5) is 0 Å². The normalized spacial score (nSPS) is 13.0. The van der Waals surface area contributed by atoms with Gasteiger partial charge in [0.2, 0.25) is 0 Å². The maximum absolute atomic E-state index is 13.0. The minimum atomic E-state index is -0.688. The predicted molar refractivity (Wildman–Crippen MR) is 114 cm³/mol. The van der Waals surface area contributed by atoms with Crippen LogP contribution in [0.1, 0.15) is 44.6 Å². The van der Waals surface area contributed by atoms with Crippen molar-refractivity contribution in [2.45, 2.75) is 26.8 Å². The minimum Gasteiger partial charge on any atom is -0.504 e. The highest BCUT2D eigenvalue weighted by Gasteiger charge is 2.32. The SMILES string of the molecule is CCOC(=O)c1nn(-c2ccc(C)cc2)c2c1CN(C(=O)c1cc(O)c(O)c(O)c1)CC2. The number of hydrogen-bond acceptors (Lipinski definition) is 7. The Kier molecular flexibility index (Phi) is 5.48. The summed E-state index contributed by atoms with van der Waals surface area (Å²) < 4.78 is 6.88. The number of aromatic hydroxyl groups is 3. The van der Waals surface area contributed by atoms with Crippen LogP contribution in [0.3, 0.4) is 0 Å². The van der Waals surface area contributed by atoms with Crippen LogP contribution >= 0.6 is 0 Å². The number of benzene rings is 2. The Morgan fingerprint density at radius 2 is 1.75 bits per heavy atom. The number of carbonyl (C=O) groups is 2. The Labute approximate surface area is 184 Å². The lowest BCUT2D eigenvalue weighted by Gasteiger charge is -2.28. The number of rotatable bonds is 4. The molecular weight excluding hydrogens is 414 g/mol. The summed E-state index contributed by atoms with van der Waals surface area (Å²) in [6, 6.07) is 9.92. The van der Waals surface area contributed by atoms with Gasteiger partial charge in [-0.25, -0.2) is 9.48 Å². The summed E-state index contributed by atoms with van der Waals surface area (Å²) in [6.45, 7) is 4.33. The van der Waals surface area contributed by atoms with Gasteiger partial charge < -0.3 is 25.0 Å². The van der Waals surface area contributed by atoms with E-state index in [1.807, 2.05) is 31.2 Å². The number of phenols is 3.